The number of aromatic nitrogens is 3. The average molecular weight is 660 g/mol. The Labute approximate surface area is 259 Å². The number of likely N-dealkylation sites (tertiary alicyclic amines) is 1. The van der Waals surface area contributed by atoms with Gasteiger partial charge in [0.05, 0.1) is 34.7 Å². The molecule has 3 amide bonds. The molecular weight excluding hydrogens is 620 g/mol. The van der Waals surface area contributed by atoms with Crippen LogP contribution in [0.3, 0.4) is 0 Å². The number of aliphatic hydroxyl groups excluding tert-OH is 1. The van der Waals surface area contributed by atoms with Crippen LogP contribution in [0.5, 0.6) is 0 Å². The van der Waals surface area contributed by atoms with Crippen LogP contribution in [0.25, 0.3) is 11.0 Å². The molecule has 12 heteroatoms. The van der Waals surface area contributed by atoms with Gasteiger partial charge < -0.3 is 19.8 Å². The predicted molar refractivity (Wildman–Crippen MR) is 167 cm³/mol. The van der Waals surface area contributed by atoms with E-state index in [1.807, 2.05) is 38.1 Å². The van der Waals surface area contributed by atoms with E-state index in [1.165, 1.54) is 0 Å². The molecule has 3 aliphatic rings. The molecule has 4 heterocycles. The van der Waals surface area contributed by atoms with E-state index in [9.17, 15) is 19.5 Å². The number of amides is 3. The van der Waals surface area contributed by atoms with E-state index < -0.39 is 28.7 Å². The monoisotopic (exact) mass is 658 g/mol. The summed E-state index contributed by atoms with van der Waals surface area (Å²) >= 11 is 5.42. The first kappa shape index (κ1) is 30.7. The molecule has 7 atom stereocenters. The number of para-hydroxylation sites is 1. The summed E-state index contributed by atoms with van der Waals surface area (Å²) in [6, 6.07) is 6.12. The van der Waals surface area contributed by atoms with Gasteiger partial charge in [0, 0.05) is 30.2 Å². The summed E-state index contributed by atoms with van der Waals surface area (Å²) in [6.45, 7) is 12.2. The highest BCUT2D eigenvalue weighted by Crippen LogP contribution is 2.68. The number of fused-ring (bicyclic) bond motifs is 2. The minimum atomic E-state index is -0.863. The maximum absolute atomic E-state index is 14.8. The lowest BCUT2D eigenvalue weighted by Crippen LogP contribution is -2.58. The van der Waals surface area contributed by atoms with E-state index >= 15 is 0 Å². The molecule has 3 aliphatic heterocycles. The van der Waals surface area contributed by atoms with Gasteiger partial charge in [-0.3, -0.25) is 14.4 Å². The standard InChI is InChI=1S/C30H39BrN6O4S/c1-6-12-34(5)27(39)23-24-28(40)37(19(16-38)14-18(3)4)26(30(24)15-20(31)25(23)42-30)29(41)35(13-7-2)17-36-22-11-9-8-10-21(22)32-33-36/h6-11,18-20,23-26,38H,1-2,12-17H2,3-5H3/t19-,20?,23-,24+,25-,26?,30?/m1/s1. The van der Waals surface area contributed by atoms with E-state index in [2.05, 4.69) is 39.4 Å². The predicted octanol–water partition coefficient (Wildman–Crippen LogP) is 2.92. The first-order valence-electron chi connectivity index (χ1n) is 14.4. The molecule has 1 aromatic heterocycles. The van der Waals surface area contributed by atoms with E-state index in [4.69, 9.17) is 0 Å². The number of likely N-dealkylation sites (N-methyl/N-ethyl adjacent to an activating group) is 1. The van der Waals surface area contributed by atoms with Gasteiger partial charge in [0.15, 0.2) is 0 Å². The third-order valence-electron chi connectivity index (χ3n) is 8.76. The van der Waals surface area contributed by atoms with Gasteiger partial charge >= 0.3 is 0 Å². The Morgan fingerprint density at radius 1 is 1.24 bits per heavy atom. The molecule has 10 nitrogen and oxygen atoms in total. The van der Waals surface area contributed by atoms with Crippen molar-refractivity contribution in [3.63, 3.8) is 0 Å². The fourth-order valence-electron chi connectivity index (χ4n) is 7.11. The number of hydrogen-bond donors (Lipinski definition) is 1. The van der Waals surface area contributed by atoms with Crippen molar-refractivity contribution in [1.82, 2.24) is 29.7 Å². The number of nitrogens with zero attached hydrogens (tertiary/aromatic N) is 6. The Morgan fingerprint density at radius 2 is 1.95 bits per heavy atom. The first-order valence-corrected chi connectivity index (χ1v) is 16.2. The second kappa shape index (κ2) is 12.1. The van der Waals surface area contributed by atoms with E-state index in [0.717, 1.165) is 5.52 Å². The fourth-order valence-corrected chi connectivity index (χ4v) is 10.7. The summed E-state index contributed by atoms with van der Waals surface area (Å²) in [4.78, 5) is 48.0. The van der Waals surface area contributed by atoms with Crippen molar-refractivity contribution in [2.24, 2.45) is 17.8 Å². The van der Waals surface area contributed by atoms with E-state index in [0.29, 0.717) is 24.9 Å². The topological polar surface area (TPSA) is 112 Å². The molecular formula is C30H39BrN6O4S. The molecule has 1 aromatic carbocycles. The van der Waals surface area contributed by atoms with Gasteiger partial charge in [-0.05, 0) is 30.9 Å². The Bertz CT molecular complexity index is 1380. The van der Waals surface area contributed by atoms with Gasteiger partial charge in [0.1, 0.15) is 18.2 Å². The fraction of sp³-hybridized carbons (Fsp3) is 0.567. The number of carbonyl (C=O) groups excluding carboxylic acids is 3. The number of alkyl halides is 1. The zero-order valence-corrected chi connectivity index (χ0v) is 26.7. The zero-order chi connectivity index (χ0) is 30.3. The number of aliphatic hydroxyl groups is 1. The molecule has 0 radical (unpaired) electrons. The maximum Gasteiger partial charge on any atom is 0.248 e. The van der Waals surface area contributed by atoms with Crippen molar-refractivity contribution in [3.05, 3.63) is 49.6 Å². The Kier molecular flexibility index (Phi) is 8.87. The lowest BCUT2D eigenvalue weighted by molar-refractivity contribution is -0.147. The van der Waals surface area contributed by atoms with Gasteiger partial charge in [0.25, 0.3) is 0 Å². The molecule has 3 saturated heterocycles. The summed E-state index contributed by atoms with van der Waals surface area (Å²) in [5, 5.41) is 19.0. The van der Waals surface area contributed by atoms with Gasteiger partial charge in [-0.1, -0.05) is 59.3 Å². The number of rotatable bonds is 12. The summed E-state index contributed by atoms with van der Waals surface area (Å²) in [5.41, 5.74) is 1.50. The summed E-state index contributed by atoms with van der Waals surface area (Å²) < 4.78 is 0.852. The van der Waals surface area contributed by atoms with Crippen LogP contribution in [0.15, 0.2) is 49.6 Å². The third-order valence-corrected chi connectivity index (χ3v) is 12.0. The molecule has 1 spiro atoms. The van der Waals surface area contributed by atoms with Crippen LogP contribution >= 0.6 is 27.7 Å². The minimum Gasteiger partial charge on any atom is -0.394 e. The van der Waals surface area contributed by atoms with Crippen LogP contribution in [-0.4, -0.2) is 106 Å². The maximum atomic E-state index is 14.8. The second-order valence-corrected chi connectivity index (χ2v) is 14.7. The van der Waals surface area contributed by atoms with Crippen molar-refractivity contribution < 1.29 is 19.5 Å². The molecule has 1 N–H and O–H groups in total. The quantitative estimate of drug-likeness (QED) is 0.276. The van der Waals surface area contributed by atoms with Crippen molar-refractivity contribution >= 4 is 56.4 Å². The number of thioether (sulfide) groups is 1. The normalized spacial score (nSPS) is 28.8. The highest BCUT2D eigenvalue weighted by atomic mass is 79.9. The third kappa shape index (κ3) is 4.98. The lowest BCUT2D eigenvalue weighted by atomic mass is 9.70. The Hall–Kier alpha value is -2.70. The van der Waals surface area contributed by atoms with Gasteiger partial charge in [-0.2, -0.15) is 0 Å². The van der Waals surface area contributed by atoms with Gasteiger partial charge in [0.2, 0.25) is 17.7 Å². The molecule has 5 rings (SSSR count). The largest absolute Gasteiger partial charge is 0.394 e. The van der Waals surface area contributed by atoms with Crippen molar-refractivity contribution in [1.29, 1.82) is 0 Å². The molecule has 3 fully saturated rings. The smallest absolute Gasteiger partial charge is 0.248 e. The van der Waals surface area contributed by atoms with Gasteiger partial charge in [-0.15, -0.1) is 30.0 Å². The second-order valence-electron chi connectivity index (χ2n) is 12.0. The summed E-state index contributed by atoms with van der Waals surface area (Å²) in [6.07, 6.45) is 4.42. The molecule has 226 valence electrons. The van der Waals surface area contributed by atoms with Crippen molar-refractivity contribution in [3.8, 4) is 0 Å². The number of benzene rings is 1. The lowest BCUT2D eigenvalue weighted by Gasteiger charge is -2.40. The Balaban J connectivity index is 1.59. The molecule has 2 aromatic rings. The first-order chi connectivity index (χ1) is 20.1. The molecule has 3 unspecified atom stereocenters. The van der Waals surface area contributed by atoms with Crippen LogP contribution in [0.2, 0.25) is 0 Å². The molecule has 2 bridgehead atoms. The highest BCUT2D eigenvalue weighted by Gasteiger charge is 2.76. The van der Waals surface area contributed by atoms with Crippen LogP contribution < -0.4 is 0 Å². The van der Waals surface area contributed by atoms with E-state index in [1.54, 1.807) is 50.3 Å². The highest BCUT2D eigenvalue weighted by molar-refractivity contribution is 9.09. The van der Waals surface area contributed by atoms with Crippen LogP contribution in [-0.2, 0) is 21.1 Å². The van der Waals surface area contributed by atoms with Crippen LogP contribution in [0.4, 0.5) is 0 Å². The van der Waals surface area contributed by atoms with Crippen molar-refractivity contribution in [2.45, 2.75) is 60.3 Å². The van der Waals surface area contributed by atoms with Crippen molar-refractivity contribution in [2.75, 3.05) is 26.7 Å². The minimum absolute atomic E-state index is 0.0438. The zero-order valence-electron chi connectivity index (χ0n) is 24.3. The number of hydrogen-bond acceptors (Lipinski definition) is 7. The summed E-state index contributed by atoms with van der Waals surface area (Å²) in [7, 11) is 1.72. The average Bonchev–Trinajstić information content (AvgIpc) is 3.68. The van der Waals surface area contributed by atoms with Crippen LogP contribution in [0.1, 0.15) is 26.7 Å². The molecule has 0 saturated carbocycles. The molecule has 0 aliphatic carbocycles. The number of halogens is 1. The Morgan fingerprint density at radius 3 is 2.62 bits per heavy atom. The SMILES string of the molecule is C=CCN(C)C(=O)[C@H]1[C@@H]2SC3(CC2Br)C(C(=O)N(CC=C)Cn2nnc4ccccc42)N([C@@H](CO)CC(C)C)C(=O)[C@H]13. The summed E-state index contributed by atoms with van der Waals surface area (Å²) in [5.74, 6) is -1.67. The molecule has 42 heavy (non-hydrogen) atoms. The van der Waals surface area contributed by atoms with Crippen LogP contribution in [0, 0.1) is 17.8 Å². The van der Waals surface area contributed by atoms with E-state index in [-0.39, 0.29) is 53.5 Å². The van der Waals surface area contributed by atoms with Gasteiger partial charge in [-0.25, -0.2) is 4.68 Å². The number of carbonyl (C=O) groups is 3.